The summed E-state index contributed by atoms with van der Waals surface area (Å²) in [6.45, 7) is 3.81. The summed E-state index contributed by atoms with van der Waals surface area (Å²) in [4.78, 5) is 7.80. The van der Waals surface area contributed by atoms with E-state index in [4.69, 9.17) is 4.84 Å². The fraction of sp³-hybridized carbons (Fsp3) is 0.458. The van der Waals surface area contributed by atoms with Crippen LogP contribution in [0.1, 0.15) is 48.8 Å². The molecule has 2 rings (SSSR count). The van der Waals surface area contributed by atoms with Crippen LogP contribution in [0, 0.1) is 6.92 Å². The van der Waals surface area contributed by atoms with Crippen molar-refractivity contribution < 1.29 is 4.84 Å². The van der Waals surface area contributed by atoms with Gasteiger partial charge in [0.05, 0.1) is 5.71 Å². The van der Waals surface area contributed by atoms with E-state index in [9.17, 15) is 0 Å². The lowest BCUT2D eigenvalue weighted by molar-refractivity contribution is 0.134. The maximum atomic E-state index is 5.63. The summed E-state index contributed by atoms with van der Waals surface area (Å²) in [5, 5.41) is 4.49. The number of unbranched alkanes of at least 4 members (excludes halogenated alkanes) is 2. The molecule has 3 heteroatoms. The van der Waals surface area contributed by atoms with Gasteiger partial charge in [-0.1, -0.05) is 71.7 Å². The Hall–Kier alpha value is -2.13. The normalized spacial score (nSPS) is 11.8. The van der Waals surface area contributed by atoms with Crippen molar-refractivity contribution in [3.63, 3.8) is 0 Å². The lowest BCUT2D eigenvalue weighted by Gasteiger charge is -2.10. The lowest BCUT2D eigenvalue weighted by atomic mass is 10.0. The highest BCUT2D eigenvalue weighted by Gasteiger charge is 2.06. The Morgan fingerprint density at radius 2 is 1.74 bits per heavy atom. The number of rotatable bonds is 12. The van der Waals surface area contributed by atoms with Crippen LogP contribution in [0.5, 0.6) is 0 Å². The Morgan fingerprint density at radius 3 is 2.48 bits per heavy atom. The van der Waals surface area contributed by atoms with E-state index < -0.39 is 0 Å². The number of hydrogen-bond acceptors (Lipinski definition) is 3. The molecule has 0 aliphatic rings. The minimum absolute atomic E-state index is 0.668. The summed E-state index contributed by atoms with van der Waals surface area (Å²) >= 11 is 0. The van der Waals surface area contributed by atoms with Gasteiger partial charge in [-0.25, -0.2) is 0 Å². The molecule has 2 aromatic carbocycles. The van der Waals surface area contributed by atoms with Crippen LogP contribution in [-0.2, 0) is 11.3 Å². The van der Waals surface area contributed by atoms with E-state index in [-0.39, 0.29) is 0 Å². The van der Waals surface area contributed by atoms with Crippen LogP contribution in [0.4, 0.5) is 0 Å². The van der Waals surface area contributed by atoms with Gasteiger partial charge >= 0.3 is 0 Å². The molecule has 0 spiro atoms. The van der Waals surface area contributed by atoms with Crippen molar-refractivity contribution in [2.75, 3.05) is 27.2 Å². The number of hydrogen-bond donors (Lipinski definition) is 0. The first-order valence-corrected chi connectivity index (χ1v) is 10.1. The van der Waals surface area contributed by atoms with E-state index in [2.05, 4.69) is 85.7 Å². The third kappa shape index (κ3) is 8.87. The van der Waals surface area contributed by atoms with Crippen molar-refractivity contribution in [1.29, 1.82) is 0 Å². The van der Waals surface area contributed by atoms with Gasteiger partial charge in [0, 0.05) is 6.54 Å². The van der Waals surface area contributed by atoms with Gasteiger partial charge in [-0.05, 0) is 64.3 Å². The summed E-state index contributed by atoms with van der Waals surface area (Å²) in [5.74, 6) is 0. The van der Waals surface area contributed by atoms with E-state index in [1.807, 2.05) is 0 Å². The standard InChI is InChI=1S/C24H34N2O/c1-21-12-10-16-23(20-21)24(25-27-19-11-18-26(2)3)17-9-5-8-15-22-13-6-4-7-14-22/h4,6-7,10,12-14,16,20H,5,8-9,11,15,17-19H2,1-3H3. The summed E-state index contributed by atoms with van der Waals surface area (Å²) in [7, 11) is 4.16. The highest BCUT2D eigenvalue weighted by Crippen LogP contribution is 2.13. The quantitative estimate of drug-likeness (QED) is 0.283. The van der Waals surface area contributed by atoms with Crippen LogP contribution in [-0.4, -0.2) is 37.9 Å². The fourth-order valence-corrected chi connectivity index (χ4v) is 3.08. The zero-order valence-corrected chi connectivity index (χ0v) is 17.2. The van der Waals surface area contributed by atoms with Crippen LogP contribution in [0.3, 0.4) is 0 Å². The molecule has 0 heterocycles. The third-order valence-electron chi connectivity index (χ3n) is 4.59. The van der Waals surface area contributed by atoms with Crippen molar-refractivity contribution >= 4 is 5.71 Å². The van der Waals surface area contributed by atoms with Gasteiger partial charge in [-0.15, -0.1) is 0 Å². The SMILES string of the molecule is Cc1cccc(C(CCCCCc2ccccc2)=NOCCCN(C)C)c1. The summed E-state index contributed by atoms with van der Waals surface area (Å²) < 4.78 is 0. The molecule has 0 unspecified atom stereocenters. The monoisotopic (exact) mass is 366 g/mol. The van der Waals surface area contributed by atoms with E-state index in [0.29, 0.717) is 6.61 Å². The number of oxime groups is 1. The second-order valence-electron chi connectivity index (χ2n) is 7.44. The topological polar surface area (TPSA) is 24.8 Å². The van der Waals surface area contributed by atoms with Gasteiger partial charge in [0.15, 0.2) is 0 Å². The second kappa shape index (κ2) is 12.3. The van der Waals surface area contributed by atoms with Crippen LogP contribution in [0.15, 0.2) is 59.8 Å². The first-order valence-electron chi connectivity index (χ1n) is 10.1. The average Bonchev–Trinajstić information content (AvgIpc) is 2.66. The van der Waals surface area contributed by atoms with Gasteiger partial charge in [0.2, 0.25) is 0 Å². The molecule has 0 atom stereocenters. The van der Waals surface area contributed by atoms with E-state index in [0.717, 1.165) is 37.9 Å². The summed E-state index contributed by atoms with van der Waals surface area (Å²) in [6, 6.07) is 19.3. The molecule has 0 aliphatic carbocycles. The van der Waals surface area contributed by atoms with E-state index in [1.165, 1.54) is 29.5 Å². The second-order valence-corrected chi connectivity index (χ2v) is 7.44. The first-order chi connectivity index (χ1) is 13.1. The molecular formula is C24H34N2O. The Labute approximate surface area is 165 Å². The third-order valence-corrected chi connectivity index (χ3v) is 4.59. The maximum Gasteiger partial charge on any atom is 0.118 e. The van der Waals surface area contributed by atoms with Gasteiger partial charge in [-0.3, -0.25) is 0 Å². The number of benzene rings is 2. The first kappa shape index (κ1) is 21.2. The molecule has 146 valence electrons. The molecule has 0 saturated heterocycles. The smallest absolute Gasteiger partial charge is 0.118 e. The van der Waals surface area contributed by atoms with Crippen LogP contribution >= 0.6 is 0 Å². The summed E-state index contributed by atoms with van der Waals surface area (Å²) in [5.41, 5.74) is 4.94. The Morgan fingerprint density at radius 1 is 0.926 bits per heavy atom. The number of nitrogens with zero attached hydrogens (tertiary/aromatic N) is 2. The van der Waals surface area contributed by atoms with Gasteiger partial charge in [-0.2, -0.15) is 0 Å². The molecule has 0 saturated carbocycles. The van der Waals surface area contributed by atoms with Crippen molar-refractivity contribution in [2.24, 2.45) is 5.16 Å². The predicted octanol–water partition coefficient (Wildman–Crippen LogP) is 5.47. The van der Waals surface area contributed by atoms with Gasteiger partial charge in [0.1, 0.15) is 6.61 Å². The van der Waals surface area contributed by atoms with Crippen molar-refractivity contribution in [3.8, 4) is 0 Å². The fourth-order valence-electron chi connectivity index (χ4n) is 3.08. The molecule has 2 aromatic rings. The van der Waals surface area contributed by atoms with Gasteiger partial charge < -0.3 is 9.74 Å². The average molecular weight is 367 g/mol. The van der Waals surface area contributed by atoms with Gasteiger partial charge in [0.25, 0.3) is 0 Å². The molecule has 3 nitrogen and oxygen atoms in total. The molecule has 0 bridgehead atoms. The highest BCUT2D eigenvalue weighted by atomic mass is 16.6. The molecule has 0 fully saturated rings. The Bertz CT molecular complexity index is 680. The number of aryl methyl sites for hydroxylation is 2. The molecule has 27 heavy (non-hydrogen) atoms. The van der Waals surface area contributed by atoms with Crippen molar-refractivity contribution in [1.82, 2.24) is 4.90 Å². The molecule has 0 N–H and O–H groups in total. The summed E-state index contributed by atoms with van der Waals surface area (Å²) in [6.07, 6.45) is 6.68. The largest absolute Gasteiger partial charge is 0.396 e. The molecule has 0 aromatic heterocycles. The molecule has 0 aliphatic heterocycles. The van der Waals surface area contributed by atoms with Crippen LogP contribution < -0.4 is 0 Å². The molecule has 0 radical (unpaired) electrons. The van der Waals surface area contributed by atoms with Crippen molar-refractivity contribution in [2.45, 2.75) is 45.4 Å². The molecular weight excluding hydrogens is 332 g/mol. The van der Waals surface area contributed by atoms with Crippen molar-refractivity contribution in [3.05, 3.63) is 71.3 Å². The minimum Gasteiger partial charge on any atom is -0.396 e. The zero-order valence-electron chi connectivity index (χ0n) is 17.2. The Balaban J connectivity index is 1.82. The predicted molar refractivity (Wildman–Crippen MR) is 115 cm³/mol. The molecule has 0 amide bonds. The van der Waals surface area contributed by atoms with E-state index >= 15 is 0 Å². The van der Waals surface area contributed by atoms with E-state index in [1.54, 1.807) is 0 Å². The minimum atomic E-state index is 0.668. The highest BCUT2D eigenvalue weighted by molar-refractivity contribution is 6.00. The zero-order chi connectivity index (χ0) is 19.3. The van der Waals surface area contributed by atoms with Crippen LogP contribution in [0.25, 0.3) is 0 Å². The maximum absolute atomic E-state index is 5.63. The Kier molecular flexibility index (Phi) is 9.64. The van der Waals surface area contributed by atoms with Crippen LogP contribution in [0.2, 0.25) is 0 Å². The lowest BCUT2D eigenvalue weighted by Crippen LogP contribution is -2.14.